The van der Waals surface area contributed by atoms with Crippen molar-refractivity contribution in [1.29, 1.82) is 5.26 Å². The van der Waals surface area contributed by atoms with Crippen molar-refractivity contribution in [3.8, 4) is 11.8 Å². The second-order valence-corrected chi connectivity index (χ2v) is 4.71. The molecule has 100 valence electrons. The molecule has 5 nitrogen and oxygen atoms in total. The molecule has 6 heteroatoms. The van der Waals surface area contributed by atoms with Gasteiger partial charge < -0.3 is 10.1 Å². The number of ether oxygens (including phenoxy) is 1. The standard InChI is InChI=1S/C13H13BrN2O3/c1-8(12(17)11(7-15)13(18)16-2)19-10-5-3-4-9(14)6-10/h3-6,8,11H,1-2H3,(H,16,18)/t8-,11+/m0/s1. The fourth-order valence-electron chi connectivity index (χ4n) is 1.43. The summed E-state index contributed by atoms with van der Waals surface area (Å²) in [5.74, 6) is -2.06. The van der Waals surface area contributed by atoms with E-state index in [1.165, 1.54) is 14.0 Å². The van der Waals surface area contributed by atoms with Crippen molar-refractivity contribution in [2.24, 2.45) is 5.92 Å². The molecule has 19 heavy (non-hydrogen) atoms. The molecule has 0 aromatic heterocycles. The Balaban J connectivity index is 2.77. The van der Waals surface area contributed by atoms with Gasteiger partial charge >= 0.3 is 0 Å². The van der Waals surface area contributed by atoms with E-state index < -0.39 is 23.7 Å². The van der Waals surface area contributed by atoms with Crippen LogP contribution >= 0.6 is 15.9 Å². The molecular formula is C13H13BrN2O3. The Morgan fingerprint density at radius 1 is 1.47 bits per heavy atom. The Hall–Kier alpha value is -1.87. The van der Waals surface area contributed by atoms with Crippen molar-refractivity contribution < 1.29 is 14.3 Å². The summed E-state index contributed by atoms with van der Waals surface area (Å²) in [6.07, 6.45) is -0.878. The van der Waals surface area contributed by atoms with Gasteiger partial charge in [-0.05, 0) is 25.1 Å². The first-order valence-corrected chi connectivity index (χ1v) is 6.36. The van der Waals surface area contributed by atoms with Gasteiger partial charge in [-0.1, -0.05) is 22.0 Å². The number of nitrogens with one attached hydrogen (secondary N) is 1. The van der Waals surface area contributed by atoms with E-state index in [9.17, 15) is 9.59 Å². The van der Waals surface area contributed by atoms with E-state index in [2.05, 4.69) is 21.2 Å². The zero-order valence-corrected chi connectivity index (χ0v) is 12.1. The average molecular weight is 325 g/mol. The molecule has 0 spiro atoms. The molecule has 1 aromatic rings. The Bertz CT molecular complexity index is 525. The zero-order valence-electron chi connectivity index (χ0n) is 10.5. The second-order valence-electron chi connectivity index (χ2n) is 3.80. The summed E-state index contributed by atoms with van der Waals surface area (Å²) in [5.41, 5.74) is 0. The molecule has 1 amide bonds. The van der Waals surface area contributed by atoms with Gasteiger partial charge in [-0.2, -0.15) is 5.26 Å². The summed E-state index contributed by atoms with van der Waals surface area (Å²) in [6, 6.07) is 8.65. The number of hydrogen-bond donors (Lipinski definition) is 1. The van der Waals surface area contributed by atoms with Crippen LogP contribution in [0.4, 0.5) is 0 Å². The van der Waals surface area contributed by atoms with Gasteiger partial charge in [0.15, 0.2) is 17.8 Å². The Morgan fingerprint density at radius 3 is 2.68 bits per heavy atom. The van der Waals surface area contributed by atoms with Gasteiger partial charge in [-0.25, -0.2) is 0 Å². The molecule has 0 fully saturated rings. The number of nitrogens with zero attached hydrogens (tertiary/aromatic N) is 1. The predicted molar refractivity (Wildman–Crippen MR) is 72.4 cm³/mol. The van der Waals surface area contributed by atoms with E-state index >= 15 is 0 Å². The number of hydrogen-bond acceptors (Lipinski definition) is 4. The lowest BCUT2D eigenvalue weighted by Gasteiger charge is -2.16. The summed E-state index contributed by atoms with van der Waals surface area (Å²) < 4.78 is 6.24. The van der Waals surface area contributed by atoms with Crippen LogP contribution in [-0.4, -0.2) is 24.8 Å². The van der Waals surface area contributed by atoms with Crippen molar-refractivity contribution in [2.45, 2.75) is 13.0 Å². The highest BCUT2D eigenvalue weighted by molar-refractivity contribution is 9.10. The number of halogens is 1. The van der Waals surface area contributed by atoms with Crippen LogP contribution in [0, 0.1) is 17.2 Å². The lowest BCUT2D eigenvalue weighted by Crippen LogP contribution is -2.38. The van der Waals surface area contributed by atoms with Gasteiger partial charge in [0.25, 0.3) is 0 Å². The minimum absolute atomic E-state index is 0.490. The number of rotatable bonds is 5. The maximum absolute atomic E-state index is 11.9. The van der Waals surface area contributed by atoms with Gasteiger partial charge in [-0.15, -0.1) is 0 Å². The highest BCUT2D eigenvalue weighted by atomic mass is 79.9. The highest BCUT2D eigenvalue weighted by Crippen LogP contribution is 2.19. The SMILES string of the molecule is CNC(=O)[C@H](C#N)C(=O)[C@H](C)Oc1cccc(Br)c1. The van der Waals surface area contributed by atoms with Crippen molar-refractivity contribution in [3.05, 3.63) is 28.7 Å². The van der Waals surface area contributed by atoms with Crippen molar-refractivity contribution in [3.63, 3.8) is 0 Å². The number of amides is 1. The number of ketones is 1. The summed E-state index contributed by atoms with van der Waals surface area (Å²) >= 11 is 3.28. The quantitative estimate of drug-likeness (QED) is 0.835. The molecule has 0 saturated heterocycles. The van der Waals surface area contributed by atoms with Crippen LogP contribution in [0.25, 0.3) is 0 Å². The molecule has 0 aliphatic carbocycles. The molecule has 0 heterocycles. The van der Waals surface area contributed by atoms with Crippen LogP contribution in [0.2, 0.25) is 0 Å². The molecule has 0 saturated carbocycles. The third kappa shape index (κ3) is 4.07. The largest absolute Gasteiger partial charge is 0.483 e. The van der Waals surface area contributed by atoms with Crippen molar-refractivity contribution in [1.82, 2.24) is 5.32 Å². The molecular weight excluding hydrogens is 312 g/mol. The summed E-state index contributed by atoms with van der Waals surface area (Å²) in [5, 5.41) is 11.1. The molecule has 1 N–H and O–H groups in total. The number of carbonyl (C=O) groups is 2. The van der Waals surface area contributed by atoms with E-state index in [0.717, 1.165) is 4.47 Å². The molecule has 0 aliphatic heterocycles. The molecule has 0 radical (unpaired) electrons. The number of nitriles is 1. The lowest BCUT2D eigenvalue weighted by molar-refractivity contribution is -0.135. The minimum atomic E-state index is -1.35. The molecule has 0 unspecified atom stereocenters. The molecule has 0 bridgehead atoms. The van der Waals surface area contributed by atoms with Crippen molar-refractivity contribution in [2.75, 3.05) is 7.05 Å². The number of benzene rings is 1. The van der Waals surface area contributed by atoms with Gasteiger partial charge in [0.2, 0.25) is 5.91 Å². The highest BCUT2D eigenvalue weighted by Gasteiger charge is 2.30. The van der Waals surface area contributed by atoms with E-state index in [4.69, 9.17) is 10.00 Å². The molecule has 1 aromatic carbocycles. The van der Waals surface area contributed by atoms with Crippen LogP contribution in [0.5, 0.6) is 5.75 Å². The topological polar surface area (TPSA) is 79.2 Å². The first kappa shape index (κ1) is 15.2. The maximum Gasteiger partial charge on any atom is 0.244 e. The molecule has 0 aliphatic rings. The van der Waals surface area contributed by atoms with Gasteiger partial charge in [0, 0.05) is 11.5 Å². The van der Waals surface area contributed by atoms with E-state index in [0.29, 0.717) is 5.75 Å². The van der Waals surface area contributed by atoms with Crippen molar-refractivity contribution >= 4 is 27.6 Å². The third-order valence-corrected chi connectivity index (χ3v) is 2.93. The van der Waals surface area contributed by atoms with Gasteiger partial charge in [-0.3, -0.25) is 9.59 Å². The predicted octanol–water partition coefficient (Wildman–Crippen LogP) is 1.67. The van der Waals surface area contributed by atoms with E-state index in [-0.39, 0.29) is 0 Å². The maximum atomic E-state index is 11.9. The van der Waals surface area contributed by atoms with Crippen LogP contribution in [0.15, 0.2) is 28.7 Å². The summed E-state index contributed by atoms with van der Waals surface area (Å²) in [6.45, 7) is 1.51. The normalized spacial score (nSPS) is 12.9. The fourth-order valence-corrected chi connectivity index (χ4v) is 1.81. The van der Waals surface area contributed by atoms with Gasteiger partial charge in [0.1, 0.15) is 5.75 Å². The van der Waals surface area contributed by atoms with Gasteiger partial charge in [0.05, 0.1) is 6.07 Å². The second kappa shape index (κ2) is 6.90. The van der Waals surface area contributed by atoms with E-state index in [1.807, 2.05) is 6.07 Å². The molecule has 2 atom stereocenters. The molecule has 1 rings (SSSR count). The monoisotopic (exact) mass is 324 g/mol. The van der Waals surface area contributed by atoms with Crippen LogP contribution in [0.1, 0.15) is 6.92 Å². The Labute approximate surface area is 119 Å². The smallest absolute Gasteiger partial charge is 0.244 e. The van der Waals surface area contributed by atoms with Crippen LogP contribution in [0.3, 0.4) is 0 Å². The summed E-state index contributed by atoms with van der Waals surface area (Å²) in [7, 11) is 1.37. The Morgan fingerprint density at radius 2 is 2.16 bits per heavy atom. The van der Waals surface area contributed by atoms with Crippen LogP contribution in [-0.2, 0) is 9.59 Å². The lowest BCUT2D eigenvalue weighted by atomic mass is 10.0. The van der Waals surface area contributed by atoms with Crippen LogP contribution < -0.4 is 10.1 Å². The fraction of sp³-hybridized carbons (Fsp3) is 0.308. The first-order valence-electron chi connectivity index (χ1n) is 5.56. The number of Topliss-reactive ketones (excluding diaryl/α,β-unsaturated/α-hetero) is 1. The number of carbonyl (C=O) groups excluding carboxylic acids is 2. The summed E-state index contributed by atoms with van der Waals surface area (Å²) in [4.78, 5) is 23.3. The minimum Gasteiger partial charge on any atom is -0.483 e. The van der Waals surface area contributed by atoms with E-state index in [1.54, 1.807) is 24.3 Å². The third-order valence-electron chi connectivity index (χ3n) is 2.43. The Kier molecular flexibility index (Phi) is 5.52. The zero-order chi connectivity index (χ0) is 14.4. The first-order chi connectivity index (χ1) is 8.99. The average Bonchev–Trinajstić information content (AvgIpc) is 2.39.